The number of amides is 18. The van der Waals surface area contributed by atoms with Gasteiger partial charge in [-0.05, 0) is 92.8 Å². The number of aromatic hydroxyl groups is 1. The first-order valence-electron chi connectivity index (χ1n) is 44.0. The second-order valence-electron chi connectivity index (χ2n) is 33.3. The molecule has 718 valence electrons. The molecule has 6 heterocycles. The summed E-state index contributed by atoms with van der Waals surface area (Å²) < 4.78 is 0. The van der Waals surface area contributed by atoms with Crippen LogP contribution < -0.4 is 76.1 Å². The molecule has 0 saturated carbocycles. The number of carboxylic acid groups (broad SMARTS) is 1. The zero-order chi connectivity index (χ0) is 97.0. The lowest BCUT2D eigenvalue weighted by molar-refractivity contribution is -0.149. The molecular formula is C88H119N23O21S. The number of hydrogen-bond donors (Lipinski definition) is 19. The van der Waals surface area contributed by atoms with Gasteiger partial charge < -0.3 is 126 Å². The standard InChI is InChI=1S/C88H119N23O21S/c1-7-9-21-66-81(125)99-57(29-30-74(117)118)77(121)106-65(76(120)96-43-72(92)115)44-133-45-73(116)98-60(33-48-25-27-52(112)28-26-48)84(128)107(4)47(3)75(119)102-62(37-70(90)113)86(130)110-31-16-24-68(110)83(127)101-59(36-51-42-93-46-97-51)79(123)104-63(38-71(91)114)87(131)111-32-15-23-67(111)82(126)100-58(34-49-40-94-55-19-13-11-17-53(49)55)78(122)105-64(39-89)80(124)103-61(35-50-41-95-56-20-14-12-18-54(50)56)85(129)109(6)69(22-10-8-2)88(132)108(66)5/h11-14,17-20,25-28,40-42,46-47,57-69,94-95,112H,7-10,15-16,21-24,29-39,43-45,89H2,1-6H3,(H2,90,113)(H2,91,114)(H2,92,115)(H,93,97)(H,96,120)(H,98,116)(H,99,125)(H,100,126)(H,101,127)(H,102,119)(H,103,124)(H,104,123)(H,105,122)(H,106,121)(H,117,118)/t47-,57-,58-,59-,60-,61-,62-,63-,64-,65?,66-,67-,68-,69-/m0/s1. The number of hydrogen-bond acceptors (Lipinski definition) is 23. The Morgan fingerprint density at radius 1 is 0.496 bits per heavy atom. The van der Waals surface area contributed by atoms with Gasteiger partial charge in [0.1, 0.15) is 90.3 Å². The Kier molecular flexibility index (Phi) is 37.7. The summed E-state index contributed by atoms with van der Waals surface area (Å²) in [4.78, 5) is 293. The van der Waals surface area contributed by atoms with E-state index in [2.05, 4.69) is 73.1 Å². The number of aromatic amines is 3. The average molecular weight is 1870 g/mol. The molecule has 0 spiro atoms. The fourth-order valence-electron chi connectivity index (χ4n) is 16.3. The number of phenolic OH excluding ortho intramolecular Hbond substituents is 1. The Hall–Kier alpha value is -14.0. The molecule has 23 N–H and O–H groups in total. The number of nitrogens with zero attached hydrogens (tertiary/aromatic N) is 6. The molecule has 3 saturated heterocycles. The van der Waals surface area contributed by atoms with E-state index in [-0.39, 0.29) is 88.7 Å². The third kappa shape index (κ3) is 28.3. The van der Waals surface area contributed by atoms with Crippen molar-refractivity contribution in [1.82, 2.24) is 97.6 Å². The minimum absolute atomic E-state index is 0.0290. The maximum Gasteiger partial charge on any atom is 0.303 e. The molecule has 14 atom stereocenters. The summed E-state index contributed by atoms with van der Waals surface area (Å²) >= 11 is 0.704. The summed E-state index contributed by atoms with van der Waals surface area (Å²) in [5.74, 6) is -20.6. The molecule has 1 unspecified atom stereocenters. The fourth-order valence-corrected chi connectivity index (χ4v) is 17.1. The molecule has 0 aliphatic carbocycles. The van der Waals surface area contributed by atoms with Crippen molar-refractivity contribution >= 4 is 146 Å². The molecule has 45 heteroatoms. The first kappa shape index (κ1) is 103. The van der Waals surface area contributed by atoms with Crippen LogP contribution in [0, 0.1) is 0 Å². The van der Waals surface area contributed by atoms with Crippen molar-refractivity contribution < 1.29 is 101 Å². The van der Waals surface area contributed by atoms with Gasteiger partial charge in [-0.25, -0.2) is 4.98 Å². The van der Waals surface area contributed by atoms with Gasteiger partial charge in [0.25, 0.3) is 0 Å². The molecule has 44 nitrogen and oxygen atoms in total. The number of para-hydroxylation sites is 2. The number of H-pyrrole nitrogens is 3. The number of unbranched alkanes of at least 4 members (excludes halogenated alkanes) is 2. The largest absolute Gasteiger partial charge is 0.508 e. The highest BCUT2D eigenvalue weighted by molar-refractivity contribution is 8.00. The Balaban J connectivity index is 1.09. The number of phenols is 1. The number of nitrogens with one attached hydrogen (secondary N) is 13. The normalized spacial score (nSPS) is 24.3. The van der Waals surface area contributed by atoms with E-state index >= 15 is 33.6 Å². The van der Waals surface area contributed by atoms with Crippen molar-refractivity contribution in [1.29, 1.82) is 0 Å². The van der Waals surface area contributed by atoms with Crippen molar-refractivity contribution in [2.45, 2.75) is 221 Å². The van der Waals surface area contributed by atoms with E-state index in [1.807, 2.05) is 6.92 Å². The maximum atomic E-state index is 15.7. The first-order chi connectivity index (χ1) is 63.4. The topological polar surface area (TPSA) is 666 Å². The molecular weight excluding hydrogens is 1750 g/mol. The van der Waals surface area contributed by atoms with E-state index in [0.717, 1.165) is 24.5 Å². The minimum Gasteiger partial charge on any atom is -0.508 e. The predicted molar refractivity (Wildman–Crippen MR) is 482 cm³/mol. The number of primary amides is 3. The van der Waals surface area contributed by atoms with Crippen LogP contribution in [0.4, 0.5) is 0 Å². The van der Waals surface area contributed by atoms with Crippen LogP contribution >= 0.6 is 11.8 Å². The molecule has 3 aromatic carbocycles. The summed E-state index contributed by atoms with van der Waals surface area (Å²) in [5.41, 5.74) is 26.1. The van der Waals surface area contributed by atoms with E-state index in [9.17, 15) is 67.7 Å². The lowest BCUT2D eigenvalue weighted by Gasteiger charge is -2.36. The van der Waals surface area contributed by atoms with Gasteiger partial charge in [0.15, 0.2) is 0 Å². The Bertz CT molecular complexity index is 5220. The van der Waals surface area contributed by atoms with E-state index in [1.54, 1.807) is 67.8 Å². The number of aromatic nitrogens is 4. The zero-order valence-corrected chi connectivity index (χ0v) is 75.7. The maximum absolute atomic E-state index is 15.7. The van der Waals surface area contributed by atoms with E-state index in [0.29, 0.717) is 69.5 Å². The highest BCUT2D eigenvalue weighted by Crippen LogP contribution is 2.28. The second kappa shape index (κ2) is 48.8. The molecule has 3 aliphatic heterocycles. The number of imidazole rings is 1. The van der Waals surface area contributed by atoms with Crippen molar-refractivity contribution in [2.75, 3.05) is 58.8 Å². The summed E-state index contributed by atoms with van der Waals surface area (Å²) in [6.07, 6.45) is 3.21. The number of carbonyl (C=O) groups excluding carboxylic acids is 18. The van der Waals surface area contributed by atoms with Gasteiger partial charge >= 0.3 is 5.97 Å². The lowest BCUT2D eigenvalue weighted by Crippen LogP contribution is -2.62. The molecule has 9 rings (SSSR count). The van der Waals surface area contributed by atoms with Crippen molar-refractivity contribution in [3.05, 3.63) is 120 Å². The van der Waals surface area contributed by atoms with Gasteiger partial charge in [0, 0.05) is 119 Å². The van der Waals surface area contributed by atoms with Gasteiger partial charge in [-0.2, -0.15) is 0 Å². The van der Waals surface area contributed by atoms with Gasteiger partial charge in [0.2, 0.25) is 106 Å². The summed E-state index contributed by atoms with van der Waals surface area (Å²) in [5, 5.41) is 47.3. The van der Waals surface area contributed by atoms with Crippen molar-refractivity contribution in [3.8, 4) is 5.75 Å². The molecule has 6 aromatic rings. The number of carboxylic acids is 1. The van der Waals surface area contributed by atoms with E-state index < -0.39 is 254 Å². The third-order valence-electron chi connectivity index (χ3n) is 23.7. The number of likely N-dealkylation sites (N-methyl/N-ethyl adjacent to an activating group) is 3. The predicted octanol–water partition coefficient (Wildman–Crippen LogP) is -3.50. The van der Waals surface area contributed by atoms with Crippen LogP contribution in [0.25, 0.3) is 21.8 Å². The molecule has 0 radical (unpaired) electrons. The monoisotopic (exact) mass is 1870 g/mol. The van der Waals surface area contributed by atoms with Crippen LogP contribution in [0.5, 0.6) is 5.75 Å². The highest BCUT2D eigenvalue weighted by atomic mass is 32.2. The second-order valence-corrected chi connectivity index (χ2v) is 34.3. The highest BCUT2D eigenvalue weighted by Gasteiger charge is 2.46. The number of aliphatic carboxylic acids is 1. The van der Waals surface area contributed by atoms with Gasteiger partial charge in [-0.15, -0.1) is 11.8 Å². The Morgan fingerprint density at radius 3 is 1.50 bits per heavy atom. The minimum atomic E-state index is -1.84. The SMILES string of the molecule is CCCC[C@H]1C(=O)N(C)[C@@H](CCCC)C(=O)N[C@@H](CCC(=O)O)C(=O)NC(C(=O)NCC(N)=O)CSCC(=O)N[C@@H](Cc2ccc(O)cc2)C(=O)N(C)[C@@H](C)C(=O)N[C@@H](CC(N)=O)C(=O)N2CCC[C@H]2C(=O)N[C@@H](Cc2c[nH]cn2)C(=O)N[C@@H](CC(N)=O)C(=O)N2CCC[C@H]2C(=O)N[C@@H](Cc2c[nH]c3ccccc23)C(=O)N[C@@H](CN)C(=O)N[C@@H](Cc2c[nH]c3ccccc23)C(=O)N1C. The molecule has 3 aliphatic rings. The number of thioether (sulfide) groups is 1. The van der Waals surface area contributed by atoms with Gasteiger partial charge in [-0.1, -0.05) is 88.1 Å². The average Bonchev–Trinajstić information content (AvgIpc) is 1.30. The van der Waals surface area contributed by atoms with Gasteiger partial charge in [0.05, 0.1) is 37.2 Å². The number of rotatable bonds is 25. The van der Waals surface area contributed by atoms with Crippen LogP contribution in [0.3, 0.4) is 0 Å². The molecule has 18 amide bonds. The summed E-state index contributed by atoms with van der Waals surface area (Å²) in [6.45, 7) is 3.17. The van der Waals surface area contributed by atoms with Crippen LogP contribution in [0.2, 0.25) is 0 Å². The van der Waals surface area contributed by atoms with Crippen LogP contribution in [-0.2, 0) is 117 Å². The molecule has 0 bridgehead atoms. The van der Waals surface area contributed by atoms with Crippen molar-refractivity contribution in [3.63, 3.8) is 0 Å². The summed E-state index contributed by atoms with van der Waals surface area (Å²) in [6, 6.07) is -2.91. The smallest absolute Gasteiger partial charge is 0.303 e. The van der Waals surface area contributed by atoms with Crippen LogP contribution in [-0.4, -0.2) is 310 Å². The molecule has 133 heavy (non-hydrogen) atoms. The first-order valence-corrected chi connectivity index (χ1v) is 45.2. The zero-order valence-electron chi connectivity index (χ0n) is 74.8. The summed E-state index contributed by atoms with van der Waals surface area (Å²) in [7, 11) is 3.81. The van der Waals surface area contributed by atoms with Crippen LogP contribution in [0.1, 0.15) is 133 Å². The van der Waals surface area contributed by atoms with E-state index in [1.165, 1.54) is 64.9 Å². The lowest BCUT2D eigenvalue weighted by atomic mass is 10.00. The molecule has 3 aromatic heterocycles. The molecule has 3 fully saturated rings. The van der Waals surface area contributed by atoms with E-state index in [4.69, 9.17) is 22.9 Å². The van der Waals surface area contributed by atoms with Crippen LogP contribution in [0.15, 0.2) is 97.7 Å². The number of benzene rings is 3. The number of nitrogens with two attached hydrogens (primary N) is 4. The third-order valence-corrected chi connectivity index (χ3v) is 24.7. The Labute approximate surface area is 769 Å². The quantitative estimate of drug-likeness (QED) is 0.0264. The Morgan fingerprint density at radius 2 is 0.970 bits per heavy atom. The number of carbonyl (C=O) groups is 19. The fraction of sp³-hybridized carbons (Fsp3) is 0.500. The van der Waals surface area contributed by atoms with Crippen molar-refractivity contribution in [2.24, 2.45) is 22.9 Å². The number of fused-ring (bicyclic) bond motifs is 4. The van der Waals surface area contributed by atoms with Gasteiger partial charge in [-0.3, -0.25) is 91.1 Å².